The van der Waals surface area contributed by atoms with E-state index in [2.05, 4.69) is 32.0 Å². The number of benzene rings is 1. The first-order valence-corrected chi connectivity index (χ1v) is 7.57. The van der Waals surface area contributed by atoms with E-state index in [1.807, 2.05) is 11.8 Å². The minimum atomic E-state index is -0.0837. The van der Waals surface area contributed by atoms with Gasteiger partial charge in [-0.15, -0.1) is 0 Å². The normalized spacial score (nSPS) is 24.9. The Labute approximate surface area is 109 Å². The minimum Gasteiger partial charge on any atom is -0.392 e. The van der Waals surface area contributed by atoms with E-state index >= 15 is 0 Å². The number of rotatable bonds is 3. The van der Waals surface area contributed by atoms with Gasteiger partial charge in [-0.05, 0) is 32.3 Å². The van der Waals surface area contributed by atoms with Crippen LogP contribution in [0.1, 0.15) is 42.4 Å². The zero-order chi connectivity index (χ0) is 12.3. The Kier molecular flexibility index (Phi) is 4.52. The van der Waals surface area contributed by atoms with Gasteiger partial charge in [0.1, 0.15) is 0 Å². The highest BCUT2D eigenvalue weighted by atomic mass is 32.2. The molecule has 1 nitrogen and oxygen atoms in total. The SMILES string of the molecule is Cc1cc(C)cc(CSC2CCCCC2O)c1. The van der Waals surface area contributed by atoms with Crippen molar-refractivity contribution >= 4 is 11.8 Å². The van der Waals surface area contributed by atoms with Crippen molar-refractivity contribution in [2.75, 3.05) is 0 Å². The molecule has 0 saturated heterocycles. The van der Waals surface area contributed by atoms with E-state index in [1.54, 1.807) is 0 Å². The molecule has 0 aliphatic heterocycles. The molecule has 2 unspecified atom stereocenters. The lowest BCUT2D eigenvalue weighted by molar-refractivity contribution is 0.137. The van der Waals surface area contributed by atoms with E-state index < -0.39 is 0 Å². The Balaban J connectivity index is 1.92. The fourth-order valence-corrected chi connectivity index (χ4v) is 3.89. The summed E-state index contributed by atoms with van der Waals surface area (Å²) in [6, 6.07) is 6.73. The summed E-state index contributed by atoms with van der Waals surface area (Å²) in [5, 5.41) is 10.4. The lowest BCUT2D eigenvalue weighted by Gasteiger charge is -2.27. The summed E-state index contributed by atoms with van der Waals surface area (Å²) >= 11 is 1.93. The van der Waals surface area contributed by atoms with Gasteiger partial charge in [0.2, 0.25) is 0 Å². The van der Waals surface area contributed by atoms with Gasteiger partial charge in [0.25, 0.3) is 0 Å². The van der Waals surface area contributed by atoms with Crippen LogP contribution in [0.5, 0.6) is 0 Å². The van der Waals surface area contributed by atoms with Crippen LogP contribution >= 0.6 is 11.8 Å². The average Bonchev–Trinajstić information content (AvgIpc) is 2.27. The van der Waals surface area contributed by atoms with Crippen LogP contribution in [0.2, 0.25) is 0 Å². The molecule has 0 radical (unpaired) electrons. The van der Waals surface area contributed by atoms with Gasteiger partial charge < -0.3 is 5.11 Å². The molecule has 0 amide bonds. The predicted molar refractivity (Wildman–Crippen MR) is 75.5 cm³/mol. The molecule has 1 N–H and O–H groups in total. The Morgan fingerprint density at radius 1 is 1.12 bits per heavy atom. The Morgan fingerprint density at radius 2 is 1.76 bits per heavy atom. The maximum atomic E-state index is 9.94. The first-order chi connectivity index (χ1) is 8.15. The van der Waals surface area contributed by atoms with E-state index in [1.165, 1.54) is 36.0 Å². The third kappa shape index (κ3) is 3.75. The molecule has 94 valence electrons. The molecule has 1 aromatic rings. The smallest absolute Gasteiger partial charge is 0.0658 e. The molecule has 1 aliphatic rings. The zero-order valence-corrected chi connectivity index (χ0v) is 11.6. The van der Waals surface area contributed by atoms with E-state index in [-0.39, 0.29) is 6.10 Å². The first-order valence-electron chi connectivity index (χ1n) is 6.52. The highest BCUT2D eigenvalue weighted by Gasteiger charge is 2.23. The standard InChI is InChI=1S/C15H22OS/c1-11-7-12(2)9-13(8-11)10-17-15-6-4-3-5-14(15)16/h7-9,14-16H,3-6,10H2,1-2H3. The fraction of sp³-hybridized carbons (Fsp3) is 0.600. The highest BCUT2D eigenvalue weighted by molar-refractivity contribution is 7.99. The van der Waals surface area contributed by atoms with Crippen LogP contribution < -0.4 is 0 Å². The van der Waals surface area contributed by atoms with Gasteiger partial charge in [-0.1, -0.05) is 42.2 Å². The number of hydrogen-bond donors (Lipinski definition) is 1. The zero-order valence-electron chi connectivity index (χ0n) is 10.8. The van der Waals surface area contributed by atoms with Crippen molar-refractivity contribution in [2.45, 2.75) is 56.6 Å². The van der Waals surface area contributed by atoms with E-state index in [0.717, 1.165) is 12.2 Å². The second-order valence-electron chi connectivity index (χ2n) is 5.20. The number of aliphatic hydroxyl groups excluding tert-OH is 1. The van der Waals surface area contributed by atoms with E-state index in [0.29, 0.717) is 5.25 Å². The molecule has 0 aromatic heterocycles. The number of thioether (sulfide) groups is 1. The first kappa shape index (κ1) is 13.0. The van der Waals surface area contributed by atoms with E-state index in [4.69, 9.17) is 0 Å². The van der Waals surface area contributed by atoms with Crippen molar-refractivity contribution in [1.82, 2.24) is 0 Å². The van der Waals surface area contributed by atoms with Crippen molar-refractivity contribution in [1.29, 1.82) is 0 Å². The number of aliphatic hydroxyl groups is 1. The highest BCUT2D eigenvalue weighted by Crippen LogP contribution is 2.31. The quantitative estimate of drug-likeness (QED) is 0.879. The topological polar surface area (TPSA) is 20.2 Å². The number of aryl methyl sites for hydroxylation is 2. The maximum Gasteiger partial charge on any atom is 0.0658 e. The largest absolute Gasteiger partial charge is 0.392 e. The Morgan fingerprint density at radius 3 is 2.41 bits per heavy atom. The summed E-state index contributed by atoms with van der Waals surface area (Å²) in [4.78, 5) is 0. The van der Waals surface area contributed by atoms with Crippen molar-refractivity contribution in [2.24, 2.45) is 0 Å². The van der Waals surface area contributed by atoms with Gasteiger partial charge >= 0.3 is 0 Å². The third-order valence-electron chi connectivity index (χ3n) is 3.41. The Hall–Kier alpha value is -0.470. The number of hydrogen-bond acceptors (Lipinski definition) is 2. The summed E-state index contributed by atoms with van der Waals surface area (Å²) in [5.74, 6) is 1.03. The molecule has 1 aromatic carbocycles. The fourth-order valence-electron chi connectivity index (χ4n) is 2.63. The van der Waals surface area contributed by atoms with Gasteiger partial charge in [-0.25, -0.2) is 0 Å². The van der Waals surface area contributed by atoms with Gasteiger partial charge in [0.05, 0.1) is 6.10 Å². The van der Waals surface area contributed by atoms with Crippen LogP contribution in [0.4, 0.5) is 0 Å². The molecule has 2 rings (SSSR count). The van der Waals surface area contributed by atoms with E-state index in [9.17, 15) is 5.11 Å². The lowest BCUT2D eigenvalue weighted by atomic mass is 9.97. The molecule has 1 fully saturated rings. The summed E-state index contributed by atoms with van der Waals surface area (Å²) in [7, 11) is 0. The van der Waals surface area contributed by atoms with Crippen LogP contribution in [0, 0.1) is 13.8 Å². The predicted octanol–water partition coefficient (Wildman–Crippen LogP) is 3.84. The molecule has 2 atom stereocenters. The monoisotopic (exact) mass is 250 g/mol. The third-order valence-corrected chi connectivity index (χ3v) is 4.89. The molecule has 0 heterocycles. The van der Waals surface area contributed by atoms with Gasteiger partial charge in [0.15, 0.2) is 0 Å². The molecule has 17 heavy (non-hydrogen) atoms. The molecule has 1 saturated carbocycles. The molecular formula is C15H22OS. The molecule has 0 spiro atoms. The molecule has 1 aliphatic carbocycles. The van der Waals surface area contributed by atoms with Gasteiger partial charge in [-0.2, -0.15) is 11.8 Å². The van der Waals surface area contributed by atoms with Crippen LogP contribution in [0.15, 0.2) is 18.2 Å². The summed E-state index contributed by atoms with van der Waals surface area (Å²) in [6.45, 7) is 4.30. The Bertz CT molecular complexity index is 355. The molecule has 2 heteroatoms. The second kappa shape index (κ2) is 5.92. The second-order valence-corrected chi connectivity index (χ2v) is 6.42. The minimum absolute atomic E-state index is 0.0837. The summed E-state index contributed by atoms with van der Waals surface area (Å²) < 4.78 is 0. The van der Waals surface area contributed by atoms with Crippen molar-refractivity contribution < 1.29 is 5.11 Å². The lowest BCUT2D eigenvalue weighted by Crippen LogP contribution is -2.26. The van der Waals surface area contributed by atoms with Crippen LogP contribution in [0.25, 0.3) is 0 Å². The summed E-state index contributed by atoms with van der Waals surface area (Å²) in [6.07, 6.45) is 4.56. The van der Waals surface area contributed by atoms with Crippen LogP contribution in [-0.2, 0) is 5.75 Å². The maximum absolute atomic E-state index is 9.94. The van der Waals surface area contributed by atoms with Crippen molar-refractivity contribution in [3.05, 3.63) is 34.9 Å². The van der Waals surface area contributed by atoms with Gasteiger partial charge in [-0.3, -0.25) is 0 Å². The molecular weight excluding hydrogens is 228 g/mol. The van der Waals surface area contributed by atoms with Crippen molar-refractivity contribution in [3.8, 4) is 0 Å². The van der Waals surface area contributed by atoms with Crippen LogP contribution in [0.3, 0.4) is 0 Å². The van der Waals surface area contributed by atoms with Crippen molar-refractivity contribution in [3.63, 3.8) is 0 Å². The van der Waals surface area contributed by atoms with Gasteiger partial charge in [0, 0.05) is 11.0 Å². The van der Waals surface area contributed by atoms with Crippen LogP contribution in [-0.4, -0.2) is 16.5 Å². The average molecular weight is 250 g/mol. The summed E-state index contributed by atoms with van der Waals surface area (Å²) in [5.41, 5.74) is 4.07. The molecule has 0 bridgehead atoms.